The molecule has 0 spiro atoms. The van der Waals surface area contributed by atoms with E-state index in [0.717, 1.165) is 5.56 Å². The van der Waals surface area contributed by atoms with Crippen molar-refractivity contribution in [2.24, 2.45) is 5.41 Å². The number of carbonyl (C=O) groups excluding carboxylic acids is 3. The van der Waals surface area contributed by atoms with Gasteiger partial charge in [-0.05, 0) is 49.4 Å². The summed E-state index contributed by atoms with van der Waals surface area (Å²) in [7, 11) is 1.65. The van der Waals surface area contributed by atoms with E-state index in [1.165, 1.54) is 11.0 Å². The van der Waals surface area contributed by atoms with Crippen LogP contribution in [0, 0.1) is 5.41 Å². The van der Waals surface area contributed by atoms with Crippen molar-refractivity contribution in [3.05, 3.63) is 58.8 Å². The van der Waals surface area contributed by atoms with E-state index in [9.17, 15) is 23.2 Å². The third-order valence-corrected chi connectivity index (χ3v) is 6.49. The van der Waals surface area contributed by atoms with Gasteiger partial charge in [-0.25, -0.2) is 8.78 Å². The number of amides is 3. The molecule has 0 unspecified atom stereocenters. The van der Waals surface area contributed by atoms with Gasteiger partial charge in [0.25, 0.3) is 5.91 Å². The van der Waals surface area contributed by atoms with E-state index in [1.807, 2.05) is 32.9 Å². The zero-order chi connectivity index (χ0) is 25.9. The smallest absolute Gasteiger partial charge is 0.251 e. The van der Waals surface area contributed by atoms with Gasteiger partial charge in [-0.2, -0.15) is 0 Å². The fraction of sp³-hybridized carbons (Fsp3) is 0.500. The molecule has 9 heteroatoms. The quantitative estimate of drug-likeness (QED) is 0.574. The van der Waals surface area contributed by atoms with Crippen LogP contribution < -0.4 is 16.0 Å². The number of nitrogens with one attached hydrogen (secondary N) is 3. The van der Waals surface area contributed by atoms with Gasteiger partial charge >= 0.3 is 0 Å². The maximum atomic E-state index is 14.4. The van der Waals surface area contributed by atoms with Crippen LogP contribution in [0.15, 0.2) is 47.7 Å². The number of allylic oxidation sites excluding steroid dienone is 3. The van der Waals surface area contributed by atoms with Crippen LogP contribution in [0.3, 0.4) is 0 Å². The summed E-state index contributed by atoms with van der Waals surface area (Å²) in [6.45, 7) is 7.39. The minimum atomic E-state index is -1.11. The van der Waals surface area contributed by atoms with E-state index in [4.69, 9.17) is 0 Å². The number of hydrogen-bond acceptors (Lipinski definition) is 4. The molecule has 0 saturated carbocycles. The zero-order valence-corrected chi connectivity index (χ0v) is 20.9. The van der Waals surface area contributed by atoms with Crippen LogP contribution in [-0.4, -0.2) is 48.3 Å². The maximum Gasteiger partial charge on any atom is 0.251 e. The van der Waals surface area contributed by atoms with Gasteiger partial charge in [0.1, 0.15) is 29.4 Å². The van der Waals surface area contributed by atoms with Crippen LogP contribution in [0.4, 0.5) is 8.78 Å². The van der Waals surface area contributed by atoms with Gasteiger partial charge in [-0.3, -0.25) is 14.4 Å². The van der Waals surface area contributed by atoms with Gasteiger partial charge in [0.2, 0.25) is 11.8 Å². The summed E-state index contributed by atoms with van der Waals surface area (Å²) in [6.07, 6.45) is 1.94. The summed E-state index contributed by atoms with van der Waals surface area (Å²) in [5.74, 6) is -3.05. The number of hydrogen-bond donors (Lipinski definition) is 3. The average Bonchev–Trinajstić information content (AvgIpc) is 2.82. The second kappa shape index (κ2) is 10.7. The molecule has 1 aliphatic carbocycles. The first kappa shape index (κ1) is 26.5. The molecule has 1 aliphatic heterocycles. The minimum Gasteiger partial charge on any atom is -0.342 e. The number of rotatable bonds is 6. The summed E-state index contributed by atoms with van der Waals surface area (Å²) < 4.78 is 28.7. The number of likely N-dealkylation sites (N-methyl/N-ethyl adjacent to an activating group) is 1. The zero-order valence-electron chi connectivity index (χ0n) is 20.9. The largest absolute Gasteiger partial charge is 0.342 e. The fourth-order valence-electron chi connectivity index (χ4n) is 4.30. The Bertz CT molecular complexity index is 1060. The van der Waals surface area contributed by atoms with Crippen LogP contribution in [0.5, 0.6) is 0 Å². The van der Waals surface area contributed by atoms with E-state index in [2.05, 4.69) is 16.0 Å². The molecular formula is C26H34F2N4O3. The molecule has 0 fully saturated rings. The maximum absolute atomic E-state index is 14.4. The SMILES string of the molecule is CN[C@@H](C)C(=O)N[C@H](C(=O)N1CCc2ccccc2[C@H]1C(=O)NC1=C(F)CCC=C1F)C(C)(C)C. The summed E-state index contributed by atoms with van der Waals surface area (Å²) in [4.78, 5) is 41.4. The lowest BCUT2D eigenvalue weighted by atomic mass is 9.83. The van der Waals surface area contributed by atoms with Gasteiger partial charge in [-0.15, -0.1) is 0 Å². The molecule has 7 nitrogen and oxygen atoms in total. The molecule has 1 aromatic rings. The molecule has 0 saturated heterocycles. The van der Waals surface area contributed by atoms with Gasteiger partial charge < -0.3 is 20.9 Å². The van der Waals surface area contributed by atoms with E-state index in [0.29, 0.717) is 12.0 Å². The van der Waals surface area contributed by atoms with Gasteiger partial charge in [-0.1, -0.05) is 45.0 Å². The Morgan fingerprint density at radius 1 is 1.11 bits per heavy atom. The van der Waals surface area contributed by atoms with E-state index < -0.39 is 52.7 Å². The lowest BCUT2D eigenvalue weighted by Gasteiger charge is -2.41. The molecule has 190 valence electrons. The average molecular weight is 489 g/mol. The van der Waals surface area contributed by atoms with Gasteiger partial charge in [0.05, 0.1) is 6.04 Å². The highest BCUT2D eigenvalue weighted by molar-refractivity contribution is 5.95. The molecular weight excluding hydrogens is 454 g/mol. The first-order valence-corrected chi connectivity index (χ1v) is 11.9. The normalized spacial score (nSPS) is 19.9. The number of benzene rings is 1. The summed E-state index contributed by atoms with van der Waals surface area (Å²) in [6, 6.07) is 4.66. The lowest BCUT2D eigenvalue weighted by Crippen LogP contribution is -2.60. The van der Waals surface area contributed by atoms with E-state index in [1.54, 1.807) is 26.1 Å². The van der Waals surface area contributed by atoms with Crippen molar-refractivity contribution in [2.75, 3.05) is 13.6 Å². The fourth-order valence-corrected chi connectivity index (χ4v) is 4.30. The number of halogens is 2. The third kappa shape index (κ3) is 5.78. The molecule has 0 bridgehead atoms. The Labute approximate surface area is 205 Å². The Balaban J connectivity index is 1.98. The predicted molar refractivity (Wildman–Crippen MR) is 129 cm³/mol. The summed E-state index contributed by atoms with van der Waals surface area (Å²) in [5.41, 5.74) is 0.324. The Morgan fingerprint density at radius 3 is 2.43 bits per heavy atom. The van der Waals surface area contributed by atoms with Crippen molar-refractivity contribution < 1.29 is 23.2 Å². The topological polar surface area (TPSA) is 90.5 Å². The van der Waals surface area contributed by atoms with Crippen molar-refractivity contribution in [1.29, 1.82) is 0 Å². The highest BCUT2D eigenvalue weighted by Crippen LogP contribution is 2.34. The minimum absolute atomic E-state index is 0.00525. The van der Waals surface area contributed by atoms with Crippen LogP contribution in [-0.2, 0) is 20.8 Å². The first-order chi connectivity index (χ1) is 16.5. The first-order valence-electron chi connectivity index (χ1n) is 11.9. The highest BCUT2D eigenvalue weighted by Gasteiger charge is 2.43. The predicted octanol–water partition coefficient (Wildman–Crippen LogP) is 3.20. The number of carbonyl (C=O) groups is 3. The molecule has 1 aromatic carbocycles. The molecule has 3 N–H and O–H groups in total. The molecule has 0 radical (unpaired) electrons. The third-order valence-electron chi connectivity index (χ3n) is 6.49. The molecule has 3 amide bonds. The van der Waals surface area contributed by atoms with Crippen molar-refractivity contribution in [3.8, 4) is 0 Å². The van der Waals surface area contributed by atoms with Crippen LogP contribution in [0.2, 0.25) is 0 Å². The van der Waals surface area contributed by atoms with Crippen molar-refractivity contribution >= 4 is 17.7 Å². The standard InChI is InChI=1S/C26H34F2N4O3/c1-15(29-5)23(33)31-22(26(2,3)4)25(35)32-14-13-16-9-6-7-10-17(16)21(32)24(34)30-20-18(27)11-8-12-19(20)28/h6-7,9-11,15,21-22,29H,8,12-14H2,1-5H3,(H,30,34)(H,31,33)/t15-,21-,22+/m0/s1. The number of nitrogens with zero attached hydrogens (tertiary/aromatic N) is 1. The van der Waals surface area contributed by atoms with Crippen LogP contribution in [0.1, 0.15) is 57.7 Å². The molecule has 3 atom stereocenters. The summed E-state index contributed by atoms with van der Waals surface area (Å²) in [5, 5.41) is 8.06. The Morgan fingerprint density at radius 2 is 1.80 bits per heavy atom. The van der Waals surface area contributed by atoms with Crippen molar-refractivity contribution in [3.63, 3.8) is 0 Å². The summed E-state index contributed by atoms with van der Waals surface area (Å²) >= 11 is 0. The second-order valence-corrected chi connectivity index (χ2v) is 10.1. The van der Waals surface area contributed by atoms with Crippen LogP contribution >= 0.6 is 0 Å². The van der Waals surface area contributed by atoms with Gasteiger partial charge in [0.15, 0.2) is 0 Å². The monoisotopic (exact) mass is 488 g/mol. The Hall–Kier alpha value is -3.07. The second-order valence-electron chi connectivity index (χ2n) is 10.1. The van der Waals surface area contributed by atoms with Crippen molar-refractivity contribution in [1.82, 2.24) is 20.9 Å². The Kier molecular flexibility index (Phi) is 8.10. The van der Waals surface area contributed by atoms with Crippen molar-refractivity contribution in [2.45, 2.75) is 65.1 Å². The molecule has 3 rings (SSSR count). The van der Waals surface area contributed by atoms with E-state index >= 15 is 0 Å². The molecule has 0 aromatic heterocycles. The van der Waals surface area contributed by atoms with Gasteiger partial charge in [0, 0.05) is 13.0 Å². The van der Waals surface area contributed by atoms with Crippen LogP contribution in [0.25, 0.3) is 0 Å². The molecule has 2 aliphatic rings. The molecule has 35 heavy (non-hydrogen) atoms. The highest BCUT2D eigenvalue weighted by atomic mass is 19.1. The van der Waals surface area contributed by atoms with E-state index in [-0.39, 0.29) is 25.3 Å². The lowest BCUT2D eigenvalue weighted by molar-refractivity contribution is -0.146. The number of fused-ring (bicyclic) bond motifs is 1. The molecule has 1 heterocycles.